The Balaban J connectivity index is 0.00000157. The van der Waals surface area contributed by atoms with Crippen molar-refractivity contribution in [2.24, 2.45) is 0 Å². The van der Waals surface area contributed by atoms with Gasteiger partial charge in [0.2, 0.25) is 11.9 Å². The lowest BCUT2D eigenvalue weighted by Gasteiger charge is -2.29. The first-order valence-electron chi connectivity index (χ1n) is 23.2. The number of phosphoric acid groups is 1. The summed E-state index contributed by atoms with van der Waals surface area (Å²) in [6.45, 7) is 23.6. The first kappa shape index (κ1) is 54.3. The van der Waals surface area contributed by atoms with E-state index in [9.17, 15) is 23.8 Å². The fraction of sp³-hybridized carbons (Fsp3) is 0.521. The van der Waals surface area contributed by atoms with Crippen LogP contribution in [0.5, 0.6) is 11.5 Å². The Bertz CT molecular complexity index is 2790. The Morgan fingerprint density at radius 1 is 0.859 bits per heavy atom. The van der Waals surface area contributed by atoms with Crippen LogP contribution in [0.3, 0.4) is 0 Å². The van der Waals surface area contributed by atoms with Crippen LogP contribution in [-0.2, 0) is 43.4 Å². The molecule has 2 saturated heterocycles. The SMILES string of the molecule is C=C(COc1ccc(C(C)(C)C)cc1)Nc1nc2c(ncn2[C@H]2CC(OC(=O)COc3ccc(C(C)(C)C)cc3)[C@@H](COP(=O)([O-])OC3C[C@H](n4cnc(N)nc4=O)O[C@@H]3CC)O2)c(=O)[nH]1.CC(C)(C)[NH3+]. The first-order valence-corrected chi connectivity index (χ1v) is 24.7. The van der Waals surface area contributed by atoms with Crippen molar-refractivity contribution in [3.05, 3.63) is 105 Å². The number of carbonyl (C=O) groups is 1. The molecule has 0 saturated carbocycles. The number of nitrogens with two attached hydrogens (primary N) is 1. The zero-order chi connectivity index (χ0) is 52.1. The van der Waals surface area contributed by atoms with Gasteiger partial charge in [-0.15, -0.1) is 0 Å². The highest BCUT2D eigenvalue weighted by molar-refractivity contribution is 7.45. The van der Waals surface area contributed by atoms with Gasteiger partial charge in [0.25, 0.3) is 13.4 Å². The maximum Gasteiger partial charge on any atom is 0.354 e. The van der Waals surface area contributed by atoms with E-state index >= 15 is 0 Å². The van der Waals surface area contributed by atoms with Gasteiger partial charge < -0.3 is 54.4 Å². The Morgan fingerprint density at radius 2 is 1.39 bits per heavy atom. The lowest BCUT2D eigenvalue weighted by atomic mass is 9.87. The van der Waals surface area contributed by atoms with Gasteiger partial charge in [0, 0.05) is 18.5 Å². The number of imidazole rings is 1. The maximum atomic E-state index is 13.4. The molecule has 0 radical (unpaired) electrons. The van der Waals surface area contributed by atoms with E-state index in [1.54, 1.807) is 19.1 Å². The zero-order valence-electron chi connectivity index (χ0n) is 42.0. The third kappa shape index (κ3) is 15.3. The number of aromatic amines is 1. The van der Waals surface area contributed by atoms with Crippen molar-refractivity contribution < 1.29 is 52.7 Å². The number of hydrogen-bond donors (Lipinski definition) is 4. The minimum atomic E-state index is -5.11. The maximum absolute atomic E-state index is 13.4. The van der Waals surface area contributed by atoms with Gasteiger partial charge in [0.15, 0.2) is 17.8 Å². The highest BCUT2D eigenvalue weighted by Gasteiger charge is 2.42. The van der Waals surface area contributed by atoms with Crippen LogP contribution in [0.2, 0.25) is 0 Å². The van der Waals surface area contributed by atoms with Crippen LogP contribution < -0.4 is 42.4 Å². The number of nitrogens with zero attached hydrogens (tertiary/aromatic N) is 6. The molecule has 3 aromatic heterocycles. The molecule has 22 nitrogen and oxygen atoms in total. The quantitative estimate of drug-likeness (QED) is 0.0716. The second-order valence-electron chi connectivity index (χ2n) is 20.6. The van der Waals surface area contributed by atoms with Gasteiger partial charge in [-0.3, -0.25) is 23.5 Å². The van der Waals surface area contributed by atoms with Crippen molar-refractivity contribution in [2.45, 2.75) is 142 Å². The second kappa shape index (κ2) is 22.2. The van der Waals surface area contributed by atoms with Crippen molar-refractivity contribution in [3.63, 3.8) is 0 Å². The fourth-order valence-corrected chi connectivity index (χ4v) is 8.36. The van der Waals surface area contributed by atoms with Crippen molar-refractivity contribution in [2.75, 3.05) is 30.9 Å². The van der Waals surface area contributed by atoms with Crippen LogP contribution in [0, 0.1) is 0 Å². The average molecular weight is 1010 g/mol. The number of benzene rings is 2. The molecule has 23 heteroatoms. The number of aromatic nitrogens is 7. The molecule has 2 aliphatic heterocycles. The lowest BCUT2D eigenvalue weighted by molar-refractivity contribution is -0.458. The number of H-pyrrole nitrogens is 1. The van der Waals surface area contributed by atoms with Gasteiger partial charge in [-0.25, -0.2) is 19.6 Å². The molecule has 386 valence electrons. The fourth-order valence-electron chi connectivity index (χ4n) is 7.42. The highest BCUT2D eigenvalue weighted by Crippen LogP contribution is 2.46. The van der Waals surface area contributed by atoms with E-state index in [1.165, 1.54) is 10.9 Å². The number of esters is 1. The summed E-state index contributed by atoms with van der Waals surface area (Å²) in [5.74, 6) is 0.126. The van der Waals surface area contributed by atoms with Crippen molar-refractivity contribution in [1.29, 1.82) is 0 Å². The summed E-state index contributed by atoms with van der Waals surface area (Å²) >= 11 is 0. The van der Waals surface area contributed by atoms with Gasteiger partial charge in [-0.2, -0.15) is 9.97 Å². The van der Waals surface area contributed by atoms with Gasteiger partial charge in [0.05, 0.1) is 30.7 Å². The minimum absolute atomic E-state index is 0.0167. The minimum Gasteiger partial charge on any atom is -0.756 e. The van der Waals surface area contributed by atoms with Crippen LogP contribution in [0.25, 0.3) is 11.2 Å². The van der Waals surface area contributed by atoms with Crippen LogP contribution in [-0.4, -0.2) is 89.8 Å². The van der Waals surface area contributed by atoms with E-state index in [1.807, 2.05) is 36.4 Å². The predicted molar refractivity (Wildman–Crippen MR) is 261 cm³/mol. The van der Waals surface area contributed by atoms with Crippen LogP contribution >= 0.6 is 7.82 Å². The molecule has 3 unspecified atom stereocenters. The first-order chi connectivity index (χ1) is 33.2. The third-order valence-corrected chi connectivity index (χ3v) is 12.0. The summed E-state index contributed by atoms with van der Waals surface area (Å²) in [6, 6.07) is 15.1. The van der Waals surface area contributed by atoms with Gasteiger partial charge in [0.1, 0.15) is 49.1 Å². The van der Waals surface area contributed by atoms with E-state index in [0.717, 1.165) is 22.0 Å². The van der Waals surface area contributed by atoms with Crippen LogP contribution in [0.15, 0.2) is 83.1 Å². The molecular weight excluding hydrogens is 940 g/mol. The Kier molecular flexibility index (Phi) is 17.0. The molecule has 2 aromatic carbocycles. The van der Waals surface area contributed by atoms with E-state index in [4.69, 9.17) is 38.5 Å². The van der Waals surface area contributed by atoms with Crippen molar-refractivity contribution >= 4 is 36.9 Å². The van der Waals surface area contributed by atoms with Crippen molar-refractivity contribution in [1.82, 2.24) is 34.1 Å². The van der Waals surface area contributed by atoms with E-state index in [2.05, 4.69) is 105 Å². The second-order valence-corrected chi connectivity index (χ2v) is 22.0. The normalized spacial score (nSPS) is 21.2. The summed E-state index contributed by atoms with van der Waals surface area (Å²) in [5.41, 5.74) is 10.9. The van der Waals surface area contributed by atoms with Gasteiger partial charge >= 0.3 is 11.7 Å². The summed E-state index contributed by atoms with van der Waals surface area (Å²) < 4.78 is 56.5. The van der Waals surface area contributed by atoms with Gasteiger partial charge in [-0.05, 0) is 73.4 Å². The summed E-state index contributed by atoms with van der Waals surface area (Å²) in [6.07, 6.45) is -3.20. The Labute approximate surface area is 412 Å². The molecule has 7 rings (SSSR count). The topological polar surface area (TPSA) is 299 Å². The molecule has 0 amide bonds. The van der Waals surface area contributed by atoms with E-state index < -0.39 is 75.1 Å². The molecule has 2 fully saturated rings. The van der Waals surface area contributed by atoms with Gasteiger partial charge in [-0.1, -0.05) is 79.3 Å². The number of quaternary nitrogens is 1. The average Bonchev–Trinajstić information content (AvgIpc) is 4.00. The number of rotatable bonds is 17. The van der Waals surface area contributed by atoms with E-state index in [-0.39, 0.29) is 58.9 Å². The van der Waals surface area contributed by atoms with Crippen molar-refractivity contribution in [3.8, 4) is 11.5 Å². The molecule has 71 heavy (non-hydrogen) atoms. The monoisotopic (exact) mass is 1010 g/mol. The molecule has 0 spiro atoms. The number of nitrogen functional groups attached to an aromatic ring is 1. The number of fused-ring (bicyclic) bond motifs is 1. The Hall–Kier alpha value is -6.00. The molecular formula is C48H67N10O12P. The molecule has 7 N–H and O–H groups in total. The molecule has 7 atom stereocenters. The number of ether oxygens (including phenoxy) is 5. The largest absolute Gasteiger partial charge is 0.756 e. The highest BCUT2D eigenvalue weighted by atomic mass is 31.2. The zero-order valence-corrected chi connectivity index (χ0v) is 42.9. The summed E-state index contributed by atoms with van der Waals surface area (Å²) in [7, 11) is -5.11. The number of phosphoric ester groups is 1. The molecule has 2 aliphatic rings. The van der Waals surface area contributed by atoms with E-state index in [0.29, 0.717) is 23.6 Å². The molecule has 0 bridgehead atoms. The smallest absolute Gasteiger partial charge is 0.354 e. The summed E-state index contributed by atoms with van der Waals surface area (Å²) in [4.78, 5) is 71.3. The van der Waals surface area contributed by atoms with Crippen LogP contribution in [0.1, 0.15) is 112 Å². The molecule has 0 aliphatic carbocycles. The number of carbonyl (C=O) groups excluding carboxylic acids is 1. The molecule has 5 heterocycles. The summed E-state index contributed by atoms with van der Waals surface area (Å²) in [5, 5.41) is 2.97. The molecule has 5 aromatic rings. The Morgan fingerprint density at radius 3 is 1.96 bits per heavy atom. The predicted octanol–water partition coefficient (Wildman–Crippen LogP) is 4.83. The standard InChI is InChI=1S/C44H56N9O12P.C4H11N/c1-9-30-32(19-35(62-30)53-24-47-40(45)51-42(53)56)65-66(57,58)61-21-33-31(64-36(54)22-60-29-16-12-27(13-17-29)44(6,7)8)18-34(63-33)52-23-46-37-38(52)49-41(50-39(37)55)48-25(2)20-59-28-14-10-26(11-15-28)43(3,4)5;1-4(2,3)5/h10-17,23-24,30-35H,2,9,18-22H2,1,3-8H3,(H,57,58)(H2,45,51,56)(H2,48,49,50,55);5H2,1-3H3/t30-,31?,32?,33-,34-,35-;/m1./s1. The number of nitrogens with one attached hydrogen (secondary N) is 2. The number of hydrogen-bond acceptors (Lipinski definition) is 18. The lowest BCUT2D eigenvalue weighted by Crippen LogP contribution is -2.67. The number of anilines is 2. The third-order valence-electron chi connectivity index (χ3n) is 11.0. The van der Waals surface area contributed by atoms with Crippen LogP contribution in [0.4, 0.5) is 11.9 Å².